The van der Waals surface area contributed by atoms with Crippen LogP contribution in [0.3, 0.4) is 0 Å². The minimum Gasteiger partial charge on any atom is -0.465 e. The van der Waals surface area contributed by atoms with Gasteiger partial charge in [0, 0.05) is 6.04 Å². The first kappa shape index (κ1) is 17.2. The third-order valence-corrected chi connectivity index (χ3v) is 5.88. The summed E-state index contributed by atoms with van der Waals surface area (Å²) in [6.45, 7) is 3.43. The quantitative estimate of drug-likeness (QED) is 0.784. The van der Waals surface area contributed by atoms with Crippen LogP contribution in [0.5, 0.6) is 0 Å². The van der Waals surface area contributed by atoms with Crippen molar-refractivity contribution < 1.29 is 17.9 Å². The molecule has 3 rings (SSSR count). The van der Waals surface area contributed by atoms with Crippen LogP contribution in [0.4, 0.5) is 0 Å². The van der Waals surface area contributed by atoms with Gasteiger partial charge in [-0.15, -0.1) is 12.4 Å². The minimum absolute atomic E-state index is 0. The largest absolute Gasteiger partial charge is 0.465 e. The Balaban J connectivity index is 0.00000176. The molecule has 122 valence electrons. The van der Waals surface area contributed by atoms with E-state index in [1.807, 2.05) is 0 Å². The number of fused-ring (bicyclic) bond motifs is 1. The Kier molecular flexibility index (Phi) is 4.81. The van der Waals surface area contributed by atoms with Gasteiger partial charge in [-0.3, -0.25) is 0 Å². The summed E-state index contributed by atoms with van der Waals surface area (Å²) in [5.74, 6) is 0.242. The zero-order chi connectivity index (χ0) is 15.2. The average Bonchev–Trinajstić information content (AvgIpc) is 2.89. The SMILES string of the molecule is COC(=O)c1ccc(C)c(S(=O)(=O)NC2C3CNCC32)c1.Cl. The molecular weight excluding hydrogens is 328 g/mol. The molecule has 6 nitrogen and oxygen atoms in total. The lowest BCUT2D eigenvalue weighted by Gasteiger charge is -2.12. The van der Waals surface area contributed by atoms with Gasteiger partial charge in [0.1, 0.15) is 0 Å². The van der Waals surface area contributed by atoms with Crippen LogP contribution in [-0.2, 0) is 14.8 Å². The van der Waals surface area contributed by atoms with Crippen molar-refractivity contribution in [2.24, 2.45) is 11.8 Å². The Labute approximate surface area is 136 Å². The molecule has 1 saturated heterocycles. The van der Waals surface area contributed by atoms with Crippen molar-refractivity contribution in [1.29, 1.82) is 0 Å². The molecule has 1 aliphatic carbocycles. The molecule has 2 N–H and O–H groups in total. The maximum atomic E-state index is 12.5. The molecule has 0 radical (unpaired) electrons. The van der Waals surface area contributed by atoms with E-state index in [9.17, 15) is 13.2 Å². The molecule has 2 fully saturated rings. The second-order valence-electron chi connectivity index (χ2n) is 5.60. The monoisotopic (exact) mass is 346 g/mol. The summed E-state index contributed by atoms with van der Waals surface area (Å²) in [4.78, 5) is 11.7. The molecule has 0 bridgehead atoms. The van der Waals surface area contributed by atoms with E-state index in [0.29, 0.717) is 17.4 Å². The number of piperidine rings is 1. The Morgan fingerprint density at radius 1 is 1.32 bits per heavy atom. The van der Waals surface area contributed by atoms with Gasteiger partial charge in [-0.25, -0.2) is 17.9 Å². The number of ether oxygens (including phenoxy) is 1. The van der Waals surface area contributed by atoms with Crippen molar-refractivity contribution in [1.82, 2.24) is 10.0 Å². The van der Waals surface area contributed by atoms with Gasteiger partial charge in [-0.1, -0.05) is 6.07 Å². The summed E-state index contributed by atoms with van der Waals surface area (Å²) in [6, 6.07) is 4.57. The van der Waals surface area contributed by atoms with Gasteiger partial charge < -0.3 is 10.1 Å². The summed E-state index contributed by atoms with van der Waals surface area (Å²) >= 11 is 0. The van der Waals surface area contributed by atoms with E-state index in [2.05, 4.69) is 14.8 Å². The van der Waals surface area contributed by atoms with E-state index in [1.165, 1.54) is 13.2 Å². The van der Waals surface area contributed by atoms with Crippen LogP contribution in [0.1, 0.15) is 15.9 Å². The molecule has 22 heavy (non-hydrogen) atoms. The number of carbonyl (C=O) groups is 1. The summed E-state index contributed by atoms with van der Waals surface area (Å²) in [5, 5.41) is 3.22. The first-order chi connectivity index (χ1) is 9.94. The fraction of sp³-hybridized carbons (Fsp3) is 0.500. The smallest absolute Gasteiger partial charge is 0.337 e. The number of halogens is 1. The maximum absolute atomic E-state index is 12.5. The summed E-state index contributed by atoms with van der Waals surface area (Å²) in [5.41, 5.74) is 0.847. The molecule has 0 amide bonds. The molecule has 1 aliphatic heterocycles. The van der Waals surface area contributed by atoms with Gasteiger partial charge in [0.05, 0.1) is 17.6 Å². The number of hydrogen-bond acceptors (Lipinski definition) is 5. The standard InChI is InChI=1S/C14H18N2O4S.ClH/c1-8-3-4-9(14(17)20-2)5-12(8)21(18,19)16-13-10-6-15-7-11(10)13;/h3-5,10-11,13,15-16H,6-7H2,1-2H3;1H. The molecule has 1 saturated carbocycles. The van der Waals surface area contributed by atoms with E-state index in [0.717, 1.165) is 13.1 Å². The highest BCUT2D eigenvalue weighted by atomic mass is 35.5. The van der Waals surface area contributed by atoms with Crippen molar-refractivity contribution in [3.8, 4) is 0 Å². The van der Waals surface area contributed by atoms with Crippen LogP contribution in [0.15, 0.2) is 23.1 Å². The zero-order valence-electron chi connectivity index (χ0n) is 12.3. The van der Waals surface area contributed by atoms with Crippen molar-refractivity contribution in [3.63, 3.8) is 0 Å². The molecule has 1 aromatic carbocycles. The highest BCUT2D eigenvalue weighted by molar-refractivity contribution is 7.89. The number of methoxy groups -OCH3 is 1. The molecule has 1 heterocycles. The van der Waals surface area contributed by atoms with Crippen molar-refractivity contribution in [2.75, 3.05) is 20.2 Å². The van der Waals surface area contributed by atoms with Crippen LogP contribution in [0.2, 0.25) is 0 Å². The van der Waals surface area contributed by atoms with E-state index >= 15 is 0 Å². The maximum Gasteiger partial charge on any atom is 0.337 e. The average molecular weight is 347 g/mol. The first-order valence-electron chi connectivity index (χ1n) is 6.86. The lowest BCUT2D eigenvalue weighted by atomic mass is 10.1. The topological polar surface area (TPSA) is 84.5 Å². The second-order valence-corrected chi connectivity index (χ2v) is 7.29. The fourth-order valence-corrected chi connectivity index (χ4v) is 4.58. The summed E-state index contributed by atoms with van der Waals surface area (Å²) in [7, 11) is -2.35. The lowest BCUT2D eigenvalue weighted by Crippen LogP contribution is -2.33. The zero-order valence-corrected chi connectivity index (χ0v) is 14.0. The molecule has 0 aromatic heterocycles. The molecule has 1 aromatic rings. The van der Waals surface area contributed by atoms with Crippen LogP contribution < -0.4 is 10.0 Å². The van der Waals surface area contributed by atoms with Gasteiger partial charge in [0.25, 0.3) is 0 Å². The van der Waals surface area contributed by atoms with E-state index in [1.54, 1.807) is 19.1 Å². The van der Waals surface area contributed by atoms with Gasteiger partial charge in [0.15, 0.2) is 0 Å². The minimum atomic E-state index is -3.62. The van der Waals surface area contributed by atoms with Crippen molar-refractivity contribution in [2.45, 2.75) is 17.9 Å². The van der Waals surface area contributed by atoms with Crippen LogP contribution in [0.25, 0.3) is 0 Å². The van der Waals surface area contributed by atoms with Crippen LogP contribution >= 0.6 is 12.4 Å². The molecule has 0 spiro atoms. The third kappa shape index (κ3) is 2.99. The van der Waals surface area contributed by atoms with E-state index < -0.39 is 16.0 Å². The van der Waals surface area contributed by atoms with Crippen LogP contribution in [-0.4, -0.2) is 40.6 Å². The number of aryl methyl sites for hydroxylation is 1. The second kappa shape index (κ2) is 6.16. The number of esters is 1. The Hall–Kier alpha value is -1.15. The number of sulfonamides is 1. The number of carbonyl (C=O) groups excluding carboxylic acids is 1. The molecule has 2 atom stereocenters. The molecule has 8 heteroatoms. The summed E-state index contributed by atoms with van der Waals surface area (Å²) < 4.78 is 32.4. The van der Waals surface area contributed by atoms with Gasteiger partial charge in [0.2, 0.25) is 10.0 Å². The first-order valence-corrected chi connectivity index (χ1v) is 8.34. The highest BCUT2D eigenvalue weighted by Crippen LogP contribution is 2.42. The van der Waals surface area contributed by atoms with Crippen molar-refractivity contribution in [3.05, 3.63) is 29.3 Å². The van der Waals surface area contributed by atoms with Crippen molar-refractivity contribution >= 4 is 28.4 Å². The van der Waals surface area contributed by atoms with Gasteiger partial charge in [-0.2, -0.15) is 0 Å². The fourth-order valence-electron chi connectivity index (χ4n) is 2.97. The Bertz CT molecular complexity index is 682. The number of benzene rings is 1. The number of rotatable bonds is 4. The Morgan fingerprint density at radius 2 is 1.95 bits per heavy atom. The third-order valence-electron chi connectivity index (χ3n) is 4.28. The van der Waals surface area contributed by atoms with Crippen LogP contribution in [0, 0.1) is 18.8 Å². The van der Waals surface area contributed by atoms with E-state index in [-0.39, 0.29) is 28.9 Å². The predicted octanol–water partition coefficient (Wildman–Crippen LogP) is 0.700. The van der Waals surface area contributed by atoms with Gasteiger partial charge >= 0.3 is 5.97 Å². The molecule has 2 unspecified atom stereocenters. The number of nitrogens with one attached hydrogen (secondary N) is 2. The normalized spacial score (nSPS) is 26.0. The Morgan fingerprint density at radius 3 is 2.55 bits per heavy atom. The lowest BCUT2D eigenvalue weighted by molar-refractivity contribution is 0.0600. The molecule has 2 aliphatic rings. The number of hydrogen-bond donors (Lipinski definition) is 2. The van der Waals surface area contributed by atoms with E-state index in [4.69, 9.17) is 0 Å². The van der Waals surface area contributed by atoms with Gasteiger partial charge in [-0.05, 0) is 49.5 Å². The summed E-state index contributed by atoms with van der Waals surface area (Å²) in [6.07, 6.45) is 0. The highest BCUT2D eigenvalue weighted by Gasteiger charge is 2.54. The predicted molar refractivity (Wildman–Crippen MR) is 83.7 cm³/mol. The molecular formula is C14H19ClN2O4S.